The van der Waals surface area contributed by atoms with Gasteiger partial charge in [-0.2, -0.15) is 0 Å². The predicted octanol–water partition coefficient (Wildman–Crippen LogP) is 1.17. The highest BCUT2D eigenvalue weighted by atomic mass is 19.2. The summed E-state index contributed by atoms with van der Waals surface area (Å²) in [5.74, 6) is -2.19. The van der Waals surface area contributed by atoms with Gasteiger partial charge in [-0.05, 0) is 24.6 Å². The number of hydrogen-bond acceptors (Lipinski definition) is 3. The van der Waals surface area contributed by atoms with Gasteiger partial charge in [0.15, 0.2) is 11.6 Å². The number of halogens is 2. The maximum atomic E-state index is 13.1. The summed E-state index contributed by atoms with van der Waals surface area (Å²) >= 11 is 0. The van der Waals surface area contributed by atoms with Gasteiger partial charge in [0.05, 0.1) is 6.54 Å². The van der Waals surface area contributed by atoms with Crippen LogP contribution in [0.2, 0.25) is 0 Å². The van der Waals surface area contributed by atoms with E-state index in [0.29, 0.717) is 18.7 Å². The molecule has 0 spiro atoms. The summed E-state index contributed by atoms with van der Waals surface area (Å²) in [6, 6.07) is 2.83. The third-order valence-electron chi connectivity index (χ3n) is 3.16. The normalized spacial score (nSPS) is 16.1. The molecule has 1 aromatic rings. The van der Waals surface area contributed by atoms with Crippen LogP contribution in [0.3, 0.4) is 0 Å². The number of amides is 3. The second-order valence-electron chi connectivity index (χ2n) is 4.55. The zero-order valence-electron chi connectivity index (χ0n) is 11.0. The number of carbonyl (C=O) groups excluding carboxylic acids is 2. The van der Waals surface area contributed by atoms with Crippen LogP contribution in [-0.2, 0) is 4.79 Å². The maximum Gasteiger partial charge on any atom is 0.324 e. The summed E-state index contributed by atoms with van der Waals surface area (Å²) in [6.07, 6.45) is 0. The van der Waals surface area contributed by atoms with Crippen molar-refractivity contribution in [2.75, 3.05) is 19.6 Å². The lowest BCUT2D eigenvalue weighted by Crippen LogP contribution is -2.40. The highest BCUT2D eigenvalue weighted by molar-refractivity contribution is 5.96. The van der Waals surface area contributed by atoms with E-state index in [9.17, 15) is 18.4 Å². The fraction of sp³-hybridized carbons (Fsp3) is 0.385. The Morgan fingerprint density at radius 1 is 1.45 bits per heavy atom. The lowest BCUT2D eigenvalue weighted by atomic mass is 10.1. The average Bonchev–Trinajstić information content (AvgIpc) is 2.85. The smallest absolute Gasteiger partial charge is 0.324 e. The van der Waals surface area contributed by atoms with E-state index in [1.807, 2.05) is 0 Å². The molecular weight excluding hydrogens is 268 g/mol. The van der Waals surface area contributed by atoms with Gasteiger partial charge in [0.25, 0.3) is 0 Å². The van der Waals surface area contributed by atoms with Crippen molar-refractivity contribution in [3.63, 3.8) is 0 Å². The number of rotatable bonds is 4. The monoisotopic (exact) mass is 283 g/mol. The van der Waals surface area contributed by atoms with E-state index in [1.54, 1.807) is 6.92 Å². The number of imide groups is 1. The van der Waals surface area contributed by atoms with Gasteiger partial charge in [-0.3, -0.25) is 9.69 Å². The SMILES string of the molecule is C[C@@H](NCC(=O)N1CCNC1=O)c1ccc(F)c(F)c1. The van der Waals surface area contributed by atoms with Crippen molar-refractivity contribution >= 4 is 11.9 Å². The summed E-state index contributed by atoms with van der Waals surface area (Å²) < 4.78 is 25.9. The number of urea groups is 1. The van der Waals surface area contributed by atoms with Crippen LogP contribution in [-0.4, -0.2) is 36.5 Å². The third kappa shape index (κ3) is 3.11. The van der Waals surface area contributed by atoms with E-state index < -0.39 is 17.7 Å². The Morgan fingerprint density at radius 3 is 2.80 bits per heavy atom. The summed E-state index contributed by atoms with van der Waals surface area (Å²) in [5.41, 5.74) is 0.530. The molecule has 20 heavy (non-hydrogen) atoms. The first-order valence-corrected chi connectivity index (χ1v) is 6.25. The van der Waals surface area contributed by atoms with Gasteiger partial charge in [-0.1, -0.05) is 6.07 Å². The first-order chi connectivity index (χ1) is 9.49. The van der Waals surface area contributed by atoms with Crippen molar-refractivity contribution in [1.82, 2.24) is 15.5 Å². The van der Waals surface area contributed by atoms with Crippen LogP contribution >= 0.6 is 0 Å². The molecule has 0 aromatic heterocycles. The Hall–Kier alpha value is -2.02. The van der Waals surface area contributed by atoms with Crippen LogP contribution in [0.4, 0.5) is 13.6 Å². The largest absolute Gasteiger partial charge is 0.336 e. The molecule has 1 saturated heterocycles. The summed E-state index contributed by atoms with van der Waals surface area (Å²) in [5, 5.41) is 5.41. The quantitative estimate of drug-likeness (QED) is 0.872. The molecular formula is C13H15F2N3O2. The fourth-order valence-corrected chi connectivity index (χ4v) is 1.94. The van der Waals surface area contributed by atoms with Crippen LogP contribution in [0.15, 0.2) is 18.2 Å². The van der Waals surface area contributed by atoms with E-state index in [1.165, 1.54) is 6.07 Å². The minimum atomic E-state index is -0.929. The van der Waals surface area contributed by atoms with Crippen LogP contribution < -0.4 is 10.6 Å². The lowest BCUT2D eigenvalue weighted by Gasteiger charge is -2.17. The lowest BCUT2D eigenvalue weighted by molar-refractivity contribution is -0.126. The number of carbonyl (C=O) groups is 2. The maximum absolute atomic E-state index is 13.1. The summed E-state index contributed by atoms with van der Waals surface area (Å²) in [7, 11) is 0. The second kappa shape index (κ2) is 5.96. The molecule has 1 fully saturated rings. The Bertz CT molecular complexity index is 536. The molecule has 0 bridgehead atoms. The molecule has 1 aromatic carbocycles. The van der Waals surface area contributed by atoms with Gasteiger partial charge in [0, 0.05) is 19.1 Å². The summed E-state index contributed by atoms with van der Waals surface area (Å²) in [4.78, 5) is 24.2. The van der Waals surface area contributed by atoms with E-state index in [2.05, 4.69) is 10.6 Å². The molecule has 0 aliphatic carbocycles. The van der Waals surface area contributed by atoms with Gasteiger partial charge < -0.3 is 10.6 Å². The van der Waals surface area contributed by atoms with E-state index in [4.69, 9.17) is 0 Å². The Balaban J connectivity index is 1.91. The molecule has 0 radical (unpaired) electrons. The van der Waals surface area contributed by atoms with Crippen molar-refractivity contribution in [3.8, 4) is 0 Å². The molecule has 5 nitrogen and oxygen atoms in total. The molecule has 2 rings (SSSR count). The van der Waals surface area contributed by atoms with Gasteiger partial charge in [0.1, 0.15) is 0 Å². The van der Waals surface area contributed by atoms with Crippen LogP contribution in [0, 0.1) is 11.6 Å². The first-order valence-electron chi connectivity index (χ1n) is 6.25. The molecule has 7 heteroatoms. The highest BCUT2D eigenvalue weighted by Crippen LogP contribution is 2.15. The molecule has 3 amide bonds. The average molecular weight is 283 g/mol. The number of nitrogens with one attached hydrogen (secondary N) is 2. The Kier molecular flexibility index (Phi) is 4.29. The zero-order valence-corrected chi connectivity index (χ0v) is 11.0. The van der Waals surface area contributed by atoms with E-state index in [0.717, 1.165) is 17.0 Å². The van der Waals surface area contributed by atoms with E-state index in [-0.39, 0.29) is 18.5 Å². The van der Waals surface area contributed by atoms with Gasteiger partial charge in [0.2, 0.25) is 5.91 Å². The highest BCUT2D eigenvalue weighted by Gasteiger charge is 2.25. The first kappa shape index (κ1) is 14.4. The van der Waals surface area contributed by atoms with Crippen LogP contribution in [0.5, 0.6) is 0 Å². The molecule has 108 valence electrons. The molecule has 1 heterocycles. The number of hydrogen-bond donors (Lipinski definition) is 2. The second-order valence-corrected chi connectivity index (χ2v) is 4.55. The third-order valence-corrected chi connectivity index (χ3v) is 3.16. The Labute approximate surface area is 114 Å². The zero-order chi connectivity index (χ0) is 14.7. The Morgan fingerprint density at radius 2 is 2.20 bits per heavy atom. The molecule has 2 N–H and O–H groups in total. The number of nitrogens with zero attached hydrogens (tertiary/aromatic N) is 1. The van der Waals surface area contributed by atoms with Crippen molar-refractivity contribution in [2.45, 2.75) is 13.0 Å². The van der Waals surface area contributed by atoms with Crippen molar-refractivity contribution in [2.24, 2.45) is 0 Å². The topological polar surface area (TPSA) is 61.4 Å². The predicted molar refractivity (Wildman–Crippen MR) is 67.9 cm³/mol. The minimum absolute atomic E-state index is 0.0480. The van der Waals surface area contributed by atoms with Crippen molar-refractivity contribution in [3.05, 3.63) is 35.4 Å². The van der Waals surface area contributed by atoms with Crippen molar-refractivity contribution < 1.29 is 18.4 Å². The molecule has 0 unspecified atom stereocenters. The minimum Gasteiger partial charge on any atom is -0.336 e. The molecule has 1 aliphatic heterocycles. The van der Waals surface area contributed by atoms with Gasteiger partial charge in [-0.15, -0.1) is 0 Å². The number of benzene rings is 1. The fourth-order valence-electron chi connectivity index (χ4n) is 1.94. The standard InChI is InChI=1S/C13H15F2N3O2/c1-8(9-2-3-10(14)11(15)6-9)17-7-12(19)18-5-4-16-13(18)20/h2-3,6,8,17H,4-5,7H2,1H3,(H,16,20)/t8-/m1/s1. The van der Waals surface area contributed by atoms with E-state index >= 15 is 0 Å². The van der Waals surface area contributed by atoms with Crippen LogP contribution in [0.1, 0.15) is 18.5 Å². The molecule has 1 atom stereocenters. The van der Waals surface area contributed by atoms with Gasteiger partial charge in [-0.25, -0.2) is 13.6 Å². The van der Waals surface area contributed by atoms with Gasteiger partial charge >= 0.3 is 6.03 Å². The van der Waals surface area contributed by atoms with Crippen LogP contribution in [0.25, 0.3) is 0 Å². The van der Waals surface area contributed by atoms with Crippen molar-refractivity contribution in [1.29, 1.82) is 0 Å². The molecule has 0 saturated carbocycles. The summed E-state index contributed by atoms with van der Waals surface area (Å²) in [6.45, 7) is 2.47. The molecule has 1 aliphatic rings.